The summed E-state index contributed by atoms with van der Waals surface area (Å²) < 4.78 is 26.4. The van der Waals surface area contributed by atoms with E-state index >= 15 is 0 Å². The van der Waals surface area contributed by atoms with Crippen LogP contribution in [0.2, 0.25) is 0 Å². The Kier molecular flexibility index (Phi) is 5.81. The average molecular weight is 322 g/mol. The molecule has 0 fully saturated rings. The molecule has 0 saturated carbocycles. The Hall–Kier alpha value is -2.28. The van der Waals surface area contributed by atoms with Gasteiger partial charge in [-0.2, -0.15) is 8.78 Å². The van der Waals surface area contributed by atoms with Gasteiger partial charge in [0.15, 0.2) is 0 Å². The highest BCUT2D eigenvalue weighted by Crippen LogP contribution is 2.14. The Balaban J connectivity index is 1.89. The molecule has 1 N–H and O–H groups in total. The number of imidazole rings is 1. The smallest absolute Gasteiger partial charge is 0.319 e. The van der Waals surface area contributed by atoms with Crippen molar-refractivity contribution in [2.75, 3.05) is 7.05 Å². The number of hydrogen-bond acceptors (Lipinski definition) is 3. The highest BCUT2D eigenvalue weighted by molar-refractivity contribution is 5.81. The van der Waals surface area contributed by atoms with Gasteiger partial charge in [-0.1, -0.05) is 30.3 Å². The minimum absolute atomic E-state index is 0.161. The van der Waals surface area contributed by atoms with Crippen LogP contribution in [0.1, 0.15) is 24.9 Å². The van der Waals surface area contributed by atoms with Crippen molar-refractivity contribution in [2.24, 2.45) is 0 Å². The van der Waals surface area contributed by atoms with E-state index in [9.17, 15) is 13.6 Å². The molecule has 0 unspecified atom stereocenters. The number of carbonyl (C=O) groups is 1. The summed E-state index contributed by atoms with van der Waals surface area (Å²) in [7, 11) is 1.71. The molecule has 0 aliphatic rings. The molecule has 2 rings (SSSR count). The topological polar surface area (TPSA) is 50.2 Å². The van der Waals surface area contributed by atoms with Crippen molar-refractivity contribution < 1.29 is 13.6 Å². The maximum absolute atomic E-state index is 12.8. The van der Waals surface area contributed by atoms with E-state index in [-0.39, 0.29) is 18.3 Å². The first-order valence-corrected chi connectivity index (χ1v) is 7.30. The van der Waals surface area contributed by atoms with Crippen LogP contribution in [-0.4, -0.2) is 33.4 Å². The lowest BCUT2D eigenvalue weighted by Gasteiger charge is -2.23. The maximum Gasteiger partial charge on any atom is 0.319 e. The van der Waals surface area contributed by atoms with E-state index in [1.807, 2.05) is 30.3 Å². The molecule has 0 aliphatic heterocycles. The zero-order valence-corrected chi connectivity index (χ0v) is 13.1. The molecule has 1 aromatic carbocycles. The first-order valence-electron chi connectivity index (χ1n) is 7.30. The molecule has 23 heavy (non-hydrogen) atoms. The molecule has 0 spiro atoms. The molecule has 1 heterocycles. The van der Waals surface area contributed by atoms with Crippen LogP contribution < -0.4 is 5.32 Å². The van der Waals surface area contributed by atoms with Crippen molar-refractivity contribution in [1.82, 2.24) is 19.8 Å². The molecule has 124 valence electrons. The molecular formula is C16H20F2N4O. The Bertz CT molecular complexity index is 630. The van der Waals surface area contributed by atoms with E-state index < -0.39 is 12.6 Å². The molecule has 0 radical (unpaired) electrons. The van der Waals surface area contributed by atoms with E-state index in [2.05, 4.69) is 10.3 Å². The van der Waals surface area contributed by atoms with E-state index in [1.165, 1.54) is 12.4 Å². The molecule has 5 nitrogen and oxygen atoms in total. The van der Waals surface area contributed by atoms with Crippen LogP contribution in [0, 0.1) is 0 Å². The van der Waals surface area contributed by atoms with Gasteiger partial charge in [0.25, 0.3) is 0 Å². The monoisotopic (exact) mass is 322 g/mol. The molecule has 0 bridgehead atoms. The number of halogens is 2. The number of alkyl halides is 2. The summed E-state index contributed by atoms with van der Waals surface area (Å²) in [5, 5.41) is 2.84. The van der Waals surface area contributed by atoms with Gasteiger partial charge >= 0.3 is 6.55 Å². The van der Waals surface area contributed by atoms with Gasteiger partial charge in [-0.25, -0.2) is 4.98 Å². The summed E-state index contributed by atoms with van der Waals surface area (Å²) in [5.74, 6) is 0.0664. The van der Waals surface area contributed by atoms with Crippen molar-refractivity contribution in [3.05, 3.63) is 54.1 Å². The number of aromatic nitrogens is 2. The summed E-state index contributed by atoms with van der Waals surface area (Å²) in [5.41, 5.74) is 1.00. The number of nitrogens with one attached hydrogen (secondary N) is 1. The van der Waals surface area contributed by atoms with E-state index in [0.717, 1.165) is 10.1 Å². The number of rotatable bonds is 7. The van der Waals surface area contributed by atoms with Gasteiger partial charge in [0, 0.05) is 18.9 Å². The lowest BCUT2D eigenvalue weighted by molar-refractivity contribution is -0.125. The zero-order valence-electron chi connectivity index (χ0n) is 13.1. The summed E-state index contributed by atoms with van der Waals surface area (Å²) in [6, 6.07) is 9.11. The van der Waals surface area contributed by atoms with Crippen LogP contribution >= 0.6 is 0 Å². The lowest BCUT2D eigenvalue weighted by atomic mass is 10.2. The van der Waals surface area contributed by atoms with Crippen molar-refractivity contribution in [2.45, 2.75) is 32.6 Å². The predicted molar refractivity (Wildman–Crippen MR) is 82.7 cm³/mol. The fraction of sp³-hybridized carbons (Fsp3) is 0.375. The summed E-state index contributed by atoms with van der Waals surface area (Å²) in [6.45, 7) is -0.306. The van der Waals surface area contributed by atoms with Gasteiger partial charge in [0.1, 0.15) is 5.82 Å². The van der Waals surface area contributed by atoms with E-state index in [1.54, 1.807) is 18.9 Å². The second-order valence-electron chi connectivity index (χ2n) is 5.32. The summed E-state index contributed by atoms with van der Waals surface area (Å²) >= 11 is 0. The number of benzene rings is 1. The summed E-state index contributed by atoms with van der Waals surface area (Å²) in [6.07, 6.45) is 2.56. The minimum Gasteiger partial charge on any atom is -0.351 e. The minimum atomic E-state index is -2.64. The van der Waals surface area contributed by atoms with Crippen LogP contribution in [0.4, 0.5) is 8.78 Å². The number of amides is 1. The molecular weight excluding hydrogens is 302 g/mol. The highest BCUT2D eigenvalue weighted by Gasteiger charge is 2.20. The molecule has 1 aromatic heterocycles. The standard InChI is InChI=1S/C16H20F2N4O/c1-12(15(23)20-10-13-6-4-3-5-7-13)21(2)11-14-19-8-9-22(14)16(17)18/h3-9,12,16H,10-11H2,1-2H3,(H,20,23)/t12-/m1/s1. The first kappa shape index (κ1) is 17.1. The SMILES string of the molecule is C[C@H](C(=O)NCc1ccccc1)N(C)Cc1nccn1C(F)F. The molecule has 1 amide bonds. The molecule has 1 atom stereocenters. The van der Waals surface area contributed by atoms with Crippen molar-refractivity contribution in [1.29, 1.82) is 0 Å². The Morgan fingerprint density at radius 3 is 2.70 bits per heavy atom. The fourth-order valence-electron chi connectivity index (χ4n) is 2.14. The second-order valence-corrected chi connectivity index (χ2v) is 5.32. The predicted octanol–water partition coefficient (Wildman–Crippen LogP) is 2.41. The van der Waals surface area contributed by atoms with E-state index in [4.69, 9.17) is 0 Å². The maximum atomic E-state index is 12.8. The van der Waals surface area contributed by atoms with Crippen molar-refractivity contribution >= 4 is 5.91 Å². The third kappa shape index (κ3) is 4.59. The normalized spacial score (nSPS) is 12.6. The Morgan fingerprint density at radius 1 is 1.35 bits per heavy atom. The van der Waals surface area contributed by atoms with Crippen LogP contribution in [-0.2, 0) is 17.9 Å². The van der Waals surface area contributed by atoms with Crippen LogP contribution in [0.15, 0.2) is 42.7 Å². The van der Waals surface area contributed by atoms with Crippen molar-refractivity contribution in [3.63, 3.8) is 0 Å². The molecule has 2 aromatic rings. The third-order valence-electron chi connectivity index (χ3n) is 3.70. The van der Waals surface area contributed by atoms with Gasteiger partial charge in [0.2, 0.25) is 5.91 Å². The second kappa shape index (κ2) is 7.82. The number of hydrogen-bond donors (Lipinski definition) is 1. The number of likely N-dealkylation sites (N-methyl/N-ethyl adjacent to an activating group) is 1. The quantitative estimate of drug-likeness (QED) is 0.852. The van der Waals surface area contributed by atoms with Gasteiger partial charge in [-0.15, -0.1) is 0 Å². The third-order valence-corrected chi connectivity index (χ3v) is 3.70. The van der Waals surface area contributed by atoms with Crippen molar-refractivity contribution in [3.8, 4) is 0 Å². The highest BCUT2D eigenvalue weighted by atomic mass is 19.3. The van der Waals surface area contributed by atoms with Crippen LogP contribution in [0.5, 0.6) is 0 Å². The van der Waals surface area contributed by atoms with Gasteiger partial charge in [0.05, 0.1) is 12.6 Å². The number of nitrogens with zero attached hydrogens (tertiary/aromatic N) is 3. The lowest BCUT2D eigenvalue weighted by Crippen LogP contribution is -2.43. The van der Waals surface area contributed by atoms with Gasteiger partial charge < -0.3 is 5.32 Å². The van der Waals surface area contributed by atoms with E-state index in [0.29, 0.717) is 6.54 Å². The van der Waals surface area contributed by atoms with Gasteiger partial charge in [-0.3, -0.25) is 14.3 Å². The first-order chi connectivity index (χ1) is 11.0. The Labute approximate surface area is 133 Å². The molecule has 0 aliphatic carbocycles. The average Bonchev–Trinajstić information content (AvgIpc) is 3.01. The van der Waals surface area contributed by atoms with Gasteiger partial charge in [-0.05, 0) is 19.5 Å². The van der Waals surface area contributed by atoms with Crippen LogP contribution in [0.25, 0.3) is 0 Å². The largest absolute Gasteiger partial charge is 0.351 e. The molecule has 0 saturated heterocycles. The fourth-order valence-corrected chi connectivity index (χ4v) is 2.14. The summed E-state index contributed by atoms with van der Waals surface area (Å²) in [4.78, 5) is 17.8. The molecule has 7 heteroatoms. The Morgan fingerprint density at radius 2 is 2.04 bits per heavy atom. The van der Waals surface area contributed by atoms with Crippen LogP contribution in [0.3, 0.4) is 0 Å². The number of carbonyl (C=O) groups excluding carboxylic acids is 1. The zero-order chi connectivity index (χ0) is 16.8.